The first kappa shape index (κ1) is 13.9. The molecule has 0 spiro atoms. The van der Waals surface area contributed by atoms with Gasteiger partial charge in [-0.3, -0.25) is 4.79 Å². The molecule has 1 aromatic rings. The molecule has 4 N–H and O–H groups in total. The SMILES string of the molecule is CCC(NC(=O)c1cc2c(s1)CCCC2)/C(N)=N/O. The van der Waals surface area contributed by atoms with E-state index in [9.17, 15) is 4.79 Å². The Morgan fingerprint density at radius 2 is 2.32 bits per heavy atom. The second-order valence-corrected chi connectivity index (χ2v) is 5.86. The third-order valence-corrected chi connectivity index (χ3v) is 4.64. The van der Waals surface area contributed by atoms with Crippen molar-refractivity contribution in [3.63, 3.8) is 0 Å². The van der Waals surface area contributed by atoms with Gasteiger partial charge in [0.2, 0.25) is 0 Å². The Morgan fingerprint density at radius 1 is 1.58 bits per heavy atom. The third-order valence-electron chi connectivity index (χ3n) is 3.41. The molecule has 0 saturated carbocycles. The maximum Gasteiger partial charge on any atom is 0.261 e. The van der Waals surface area contributed by atoms with Crippen LogP contribution in [0.5, 0.6) is 0 Å². The summed E-state index contributed by atoms with van der Waals surface area (Å²) in [5.41, 5.74) is 6.84. The topological polar surface area (TPSA) is 87.7 Å². The van der Waals surface area contributed by atoms with Crippen molar-refractivity contribution in [3.8, 4) is 0 Å². The number of oxime groups is 1. The lowest BCUT2D eigenvalue weighted by molar-refractivity contribution is 0.0949. The van der Waals surface area contributed by atoms with Crippen molar-refractivity contribution in [2.75, 3.05) is 0 Å². The minimum absolute atomic E-state index is 0.0390. The Kier molecular flexibility index (Phi) is 4.42. The molecule has 1 aliphatic rings. The average molecular weight is 281 g/mol. The highest BCUT2D eigenvalue weighted by Gasteiger charge is 2.20. The van der Waals surface area contributed by atoms with E-state index in [-0.39, 0.29) is 11.7 Å². The number of nitrogens with one attached hydrogen (secondary N) is 1. The van der Waals surface area contributed by atoms with Gasteiger partial charge in [0.05, 0.1) is 10.9 Å². The van der Waals surface area contributed by atoms with E-state index in [0.29, 0.717) is 6.42 Å². The van der Waals surface area contributed by atoms with E-state index >= 15 is 0 Å². The second kappa shape index (κ2) is 6.06. The molecule has 0 aliphatic heterocycles. The van der Waals surface area contributed by atoms with Crippen molar-refractivity contribution >= 4 is 23.1 Å². The minimum atomic E-state index is -0.420. The number of fused-ring (bicyclic) bond motifs is 1. The van der Waals surface area contributed by atoms with Crippen LogP contribution in [0.1, 0.15) is 46.3 Å². The summed E-state index contributed by atoms with van der Waals surface area (Å²) in [4.78, 5) is 14.2. The monoisotopic (exact) mass is 281 g/mol. The summed E-state index contributed by atoms with van der Waals surface area (Å²) in [6, 6.07) is 1.56. The summed E-state index contributed by atoms with van der Waals surface area (Å²) in [7, 11) is 0. The zero-order valence-corrected chi connectivity index (χ0v) is 11.8. The Balaban J connectivity index is 2.09. The van der Waals surface area contributed by atoms with Crippen LogP contribution in [-0.4, -0.2) is 23.0 Å². The van der Waals surface area contributed by atoms with Gasteiger partial charge in [-0.05, 0) is 43.7 Å². The lowest BCUT2D eigenvalue weighted by Crippen LogP contribution is -2.43. The predicted molar refractivity (Wildman–Crippen MR) is 75.9 cm³/mol. The first-order chi connectivity index (χ1) is 9.15. The van der Waals surface area contributed by atoms with Crippen LogP contribution in [-0.2, 0) is 12.8 Å². The highest BCUT2D eigenvalue weighted by Crippen LogP contribution is 2.29. The average Bonchev–Trinajstić information content (AvgIpc) is 2.87. The quantitative estimate of drug-likeness (QED) is 0.341. The van der Waals surface area contributed by atoms with E-state index in [1.165, 1.54) is 23.3 Å². The number of hydrogen-bond donors (Lipinski definition) is 3. The van der Waals surface area contributed by atoms with Crippen LogP contribution in [0.15, 0.2) is 11.2 Å². The van der Waals surface area contributed by atoms with Gasteiger partial charge in [0.15, 0.2) is 5.84 Å². The first-order valence-electron chi connectivity index (χ1n) is 6.55. The fourth-order valence-corrected chi connectivity index (χ4v) is 3.44. The highest BCUT2D eigenvalue weighted by atomic mass is 32.1. The van der Waals surface area contributed by atoms with Gasteiger partial charge < -0.3 is 16.3 Å². The molecule has 0 bridgehead atoms. The molecule has 0 radical (unpaired) electrons. The van der Waals surface area contributed by atoms with E-state index in [2.05, 4.69) is 10.5 Å². The van der Waals surface area contributed by atoms with Crippen molar-refractivity contribution in [1.29, 1.82) is 0 Å². The van der Waals surface area contributed by atoms with Crippen LogP contribution in [0.25, 0.3) is 0 Å². The van der Waals surface area contributed by atoms with Gasteiger partial charge in [-0.25, -0.2) is 0 Å². The van der Waals surface area contributed by atoms with Gasteiger partial charge in [-0.15, -0.1) is 11.3 Å². The Hall–Kier alpha value is -1.56. The van der Waals surface area contributed by atoms with Gasteiger partial charge in [-0.2, -0.15) is 0 Å². The lowest BCUT2D eigenvalue weighted by atomic mass is 9.99. The van der Waals surface area contributed by atoms with Crippen molar-refractivity contribution < 1.29 is 10.0 Å². The maximum atomic E-state index is 12.2. The number of amides is 1. The van der Waals surface area contributed by atoms with Crippen molar-refractivity contribution in [2.24, 2.45) is 10.9 Å². The van der Waals surface area contributed by atoms with Crippen molar-refractivity contribution in [3.05, 3.63) is 21.4 Å². The van der Waals surface area contributed by atoms with Crippen molar-refractivity contribution in [1.82, 2.24) is 5.32 Å². The largest absolute Gasteiger partial charge is 0.409 e. The standard InChI is InChI=1S/C13H19N3O2S/c1-2-9(12(14)16-18)15-13(17)11-7-8-5-3-4-6-10(8)19-11/h7,9,18H,2-6H2,1H3,(H2,14,16)(H,15,17). The molecule has 19 heavy (non-hydrogen) atoms. The van der Waals surface area contributed by atoms with Crippen LogP contribution in [0.3, 0.4) is 0 Å². The Morgan fingerprint density at radius 3 is 2.95 bits per heavy atom. The molecule has 1 aromatic heterocycles. The molecule has 5 nitrogen and oxygen atoms in total. The molecule has 1 amide bonds. The van der Waals surface area contributed by atoms with E-state index in [1.807, 2.05) is 13.0 Å². The normalized spacial score (nSPS) is 16.8. The predicted octanol–water partition coefficient (Wildman–Crippen LogP) is 1.88. The third kappa shape index (κ3) is 3.07. The number of carbonyl (C=O) groups is 1. The molecule has 104 valence electrons. The summed E-state index contributed by atoms with van der Waals surface area (Å²) in [6.07, 6.45) is 5.14. The smallest absolute Gasteiger partial charge is 0.261 e. The molecule has 0 fully saturated rings. The number of nitrogens with zero attached hydrogens (tertiary/aromatic N) is 1. The Labute approximate surface area is 116 Å². The molecule has 6 heteroatoms. The molecule has 2 rings (SSSR count). The molecule has 0 aromatic carbocycles. The lowest BCUT2D eigenvalue weighted by Gasteiger charge is -2.14. The van der Waals surface area contributed by atoms with Crippen LogP contribution >= 0.6 is 11.3 Å². The molecule has 1 aliphatic carbocycles. The van der Waals surface area contributed by atoms with E-state index < -0.39 is 6.04 Å². The van der Waals surface area contributed by atoms with E-state index in [1.54, 1.807) is 11.3 Å². The van der Waals surface area contributed by atoms with E-state index in [4.69, 9.17) is 10.9 Å². The first-order valence-corrected chi connectivity index (χ1v) is 7.37. The summed E-state index contributed by atoms with van der Waals surface area (Å²) >= 11 is 1.56. The van der Waals surface area contributed by atoms with Crippen LogP contribution < -0.4 is 11.1 Å². The molecule has 0 saturated heterocycles. The second-order valence-electron chi connectivity index (χ2n) is 4.73. The molecule has 1 heterocycles. The number of nitrogens with two attached hydrogens (primary N) is 1. The van der Waals surface area contributed by atoms with Gasteiger partial charge in [0, 0.05) is 4.88 Å². The summed E-state index contributed by atoms with van der Waals surface area (Å²) in [5.74, 6) is -0.102. The maximum absolute atomic E-state index is 12.2. The number of rotatable bonds is 4. The van der Waals surface area contributed by atoms with Gasteiger partial charge in [0.25, 0.3) is 5.91 Å². The van der Waals surface area contributed by atoms with Gasteiger partial charge in [-0.1, -0.05) is 12.1 Å². The summed E-state index contributed by atoms with van der Waals surface area (Å²) in [5, 5.41) is 14.4. The van der Waals surface area contributed by atoms with Crippen molar-refractivity contribution in [2.45, 2.75) is 45.1 Å². The summed E-state index contributed by atoms with van der Waals surface area (Å²) < 4.78 is 0. The molecule has 1 atom stereocenters. The van der Waals surface area contributed by atoms with E-state index in [0.717, 1.165) is 17.7 Å². The number of hydrogen-bond acceptors (Lipinski definition) is 4. The molecular formula is C13H19N3O2S. The minimum Gasteiger partial charge on any atom is -0.409 e. The van der Waals surface area contributed by atoms with Crippen LogP contribution in [0.4, 0.5) is 0 Å². The van der Waals surface area contributed by atoms with Gasteiger partial charge in [0.1, 0.15) is 0 Å². The fourth-order valence-electron chi connectivity index (χ4n) is 2.29. The zero-order valence-electron chi connectivity index (χ0n) is 11.0. The number of amidine groups is 1. The fraction of sp³-hybridized carbons (Fsp3) is 0.538. The Bertz CT molecular complexity index is 473. The number of thiophene rings is 1. The number of aryl methyl sites for hydroxylation is 2. The van der Waals surface area contributed by atoms with Crippen LogP contribution in [0.2, 0.25) is 0 Å². The summed E-state index contributed by atoms with van der Waals surface area (Å²) in [6.45, 7) is 1.88. The zero-order chi connectivity index (χ0) is 13.8. The van der Waals surface area contributed by atoms with Gasteiger partial charge >= 0.3 is 0 Å². The molecule has 1 unspecified atom stereocenters. The highest BCUT2D eigenvalue weighted by molar-refractivity contribution is 7.14. The number of carbonyl (C=O) groups excluding carboxylic acids is 1. The van der Waals surface area contributed by atoms with Crippen LogP contribution in [0, 0.1) is 0 Å². The molecular weight excluding hydrogens is 262 g/mol.